The highest BCUT2D eigenvalue weighted by Gasteiger charge is 2.25. The predicted molar refractivity (Wildman–Crippen MR) is 120 cm³/mol. The smallest absolute Gasteiger partial charge is 0.220 e. The van der Waals surface area contributed by atoms with E-state index >= 15 is 0 Å². The van der Waals surface area contributed by atoms with E-state index in [1.807, 2.05) is 24.3 Å². The van der Waals surface area contributed by atoms with Gasteiger partial charge in [-0.1, -0.05) is 17.4 Å². The first-order valence-corrected chi connectivity index (χ1v) is 10.8. The van der Waals surface area contributed by atoms with E-state index in [1.165, 1.54) is 6.07 Å². The van der Waals surface area contributed by atoms with Crippen molar-refractivity contribution in [1.29, 1.82) is 0 Å². The van der Waals surface area contributed by atoms with Crippen LogP contribution in [0.5, 0.6) is 0 Å². The fourth-order valence-corrected chi connectivity index (χ4v) is 4.53. The molecule has 2 aromatic carbocycles. The summed E-state index contributed by atoms with van der Waals surface area (Å²) >= 11 is 0.926. The zero-order valence-electron chi connectivity index (χ0n) is 17.0. The van der Waals surface area contributed by atoms with E-state index in [2.05, 4.69) is 15.2 Å². The van der Waals surface area contributed by atoms with E-state index in [0.29, 0.717) is 10.8 Å². The van der Waals surface area contributed by atoms with Gasteiger partial charge in [0.2, 0.25) is 11.7 Å². The fourth-order valence-electron chi connectivity index (χ4n) is 3.68. The summed E-state index contributed by atoms with van der Waals surface area (Å²) in [5.74, 6) is -3.17. The van der Waals surface area contributed by atoms with Crippen LogP contribution in [-0.2, 0) is 4.79 Å². The summed E-state index contributed by atoms with van der Waals surface area (Å²) in [7, 11) is 0. The number of hydrogen-bond acceptors (Lipinski definition) is 7. The first kappa shape index (κ1) is 21.7. The molecule has 0 atom stereocenters. The molecule has 1 aliphatic heterocycles. The lowest BCUT2D eigenvalue weighted by atomic mass is 9.96. The van der Waals surface area contributed by atoms with Gasteiger partial charge in [-0.15, -0.1) is 0 Å². The molecule has 3 aromatic rings. The number of aromatic nitrogens is 1. The Morgan fingerprint density at radius 1 is 1.06 bits per heavy atom. The topological polar surface area (TPSA) is 114 Å². The molecule has 1 saturated heterocycles. The molecule has 0 aliphatic carbocycles. The molecule has 10 heteroatoms. The molecule has 0 unspecified atom stereocenters. The number of benzene rings is 2. The number of nitrogen functional groups attached to an aromatic ring is 1. The summed E-state index contributed by atoms with van der Waals surface area (Å²) in [6.45, 7) is 1.50. The molecule has 1 amide bonds. The average Bonchev–Trinajstić information content (AvgIpc) is 3.14. The van der Waals surface area contributed by atoms with Crippen molar-refractivity contribution < 1.29 is 18.4 Å². The molecule has 7 nitrogen and oxygen atoms in total. The predicted octanol–water partition coefficient (Wildman–Crippen LogP) is 3.68. The first-order chi connectivity index (χ1) is 15.3. The second-order valence-electron chi connectivity index (χ2n) is 7.49. The summed E-state index contributed by atoms with van der Waals surface area (Å²) in [6, 6.07) is 10.8. The molecular formula is C22H21F2N5O2S. The maximum atomic E-state index is 14.0. The molecular weight excluding hydrogens is 436 g/mol. The van der Waals surface area contributed by atoms with E-state index < -0.39 is 23.0 Å². The molecule has 1 fully saturated rings. The largest absolute Gasteiger partial charge is 0.382 e. The molecule has 32 heavy (non-hydrogen) atoms. The Balaban J connectivity index is 1.45. The minimum absolute atomic E-state index is 0.0366. The quantitative estimate of drug-likeness (QED) is 0.487. The van der Waals surface area contributed by atoms with Crippen molar-refractivity contribution >= 4 is 45.4 Å². The Hall–Kier alpha value is -3.53. The number of rotatable bonds is 6. The zero-order chi connectivity index (χ0) is 22.8. The van der Waals surface area contributed by atoms with Gasteiger partial charge in [-0.25, -0.2) is 13.8 Å². The molecule has 0 spiro atoms. The molecule has 166 valence electrons. The van der Waals surface area contributed by atoms with Crippen LogP contribution in [-0.4, -0.2) is 29.8 Å². The van der Waals surface area contributed by atoms with E-state index in [1.54, 1.807) is 0 Å². The van der Waals surface area contributed by atoms with E-state index in [-0.39, 0.29) is 22.5 Å². The van der Waals surface area contributed by atoms with Crippen LogP contribution in [0.1, 0.15) is 28.1 Å². The SMILES string of the molecule is NC(=O)C1CCN(c2ccc(Nc3nc(N)c(C(=O)c4c(F)cccc4F)s3)cc2)CC1. The van der Waals surface area contributed by atoms with Gasteiger partial charge in [-0.05, 0) is 49.2 Å². The van der Waals surface area contributed by atoms with Gasteiger partial charge in [0.25, 0.3) is 0 Å². The van der Waals surface area contributed by atoms with E-state index in [4.69, 9.17) is 11.5 Å². The minimum atomic E-state index is -0.951. The van der Waals surface area contributed by atoms with E-state index in [0.717, 1.165) is 55.1 Å². The number of halogens is 2. The van der Waals surface area contributed by atoms with Crippen molar-refractivity contribution in [2.45, 2.75) is 12.8 Å². The van der Waals surface area contributed by atoms with Crippen molar-refractivity contribution in [2.24, 2.45) is 11.7 Å². The summed E-state index contributed by atoms with van der Waals surface area (Å²) in [6.07, 6.45) is 1.46. The number of nitrogens with zero attached hydrogens (tertiary/aromatic N) is 2. The Morgan fingerprint density at radius 2 is 1.69 bits per heavy atom. The highest BCUT2D eigenvalue weighted by Crippen LogP contribution is 2.32. The lowest BCUT2D eigenvalue weighted by molar-refractivity contribution is -0.122. The van der Waals surface area contributed by atoms with Gasteiger partial charge in [0.1, 0.15) is 22.3 Å². The minimum Gasteiger partial charge on any atom is -0.382 e. The van der Waals surface area contributed by atoms with Gasteiger partial charge in [0, 0.05) is 30.4 Å². The van der Waals surface area contributed by atoms with Crippen molar-refractivity contribution in [1.82, 2.24) is 4.98 Å². The molecule has 5 N–H and O–H groups in total. The van der Waals surface area contributed by atoms with Gasteiger partial charge < -0.3 is 21.7 Å². The van der Waals surface area contributed by atoms with Gasteiger partial charge >= 0.3 is 0 Å². The van der Waals surface area contributed by atoms with Gasteiger partial charge in [0.05, 0.1) is 5.56 Å². The molecule has 0 bridgehead atoms. The molecule has 1 aliphatic rings. The zero-order valence-corrected chi connectivity index (χ0v) is 17.8. The van der Waals surface area contributed by atoms with Crippen LogP contribution in [0.2, 0.25) is 0 Å². The third-order valence-corrected chi connectivity index (χ3v) is 6.42. The number of piperidine rings is 1. The van der Waals surface area contributed by atoms with Crippen LogP contribution >= 0.6 is 11.3 Å². The number of nitrogens with two attached hydrogens (primary N) is 2. The standard InChI is InChI=1S/C22H21F2N5O2S/c23-15-2-1-3-16(24)17(15)18(30)19-20(25)28-22(32-19)27-13-4-6-14(7-5-13)29-10-8-12(9-11-29)21(26)31/h1-7,12H,8-11,25H2,(H2,26,31)(H,27,28). The molecule has 4 rings (SSSR count). The number of carbonyl (C=O) groups is 2. The number of amides is 1. The van der Waals surface area contributed by atoms with Crippen molar-refractivity contribution in [2.75, 3.05) is 29.0 Å². The third kappa shape index (κ3) is 4.40. The molecule has 0 saturated carbocycles. The van der Waals surface area contributed by atoms with Crippen LogP contribution in [0.3, 0.4) is 0 Å². The highest BCUT2D eigenvalue weighted by molar-refractivity contribution is 7.18. The Morgan fingerprint density at radius 3 is 2.28 bits per heavy atom. The lowest BCUT2D eigenvalue weighted by Gasteiger charge is -2.32. The van der Waals surface area contributed by atoms with Crippen LogP contribution in [0.15, 0.2) is 42.5 Å². The second kappa shape index (κ2) is 8.91. The average molecular weight is 458 g/mol. The number of anilines is 4. The second-order valence-corrected chi connectivity index (χ2v) is 8.49. The maximum absolute atomic E-state index is 14.0. The van der Waals surface area contributed by atoms with Crippen molar-refractivity contribution in [3.8, 4) is 0 Å². The van der Waals surface area contributed by atoms with Crippen LogP contribution in [0, 0.1) is 17.6 Å². The summed E-state index contributed by atoms with van der Waals surface area (Å²) < 4.78 is 27.9. The Kier molecular flexibility index (Phi) is 6.04. The molecule has 0 radical (unpaired) electrons. The van der Waals surface area contributed by atoms with Crippen molar-refractivity contribution in [3.63, 3.8) is 0 Å². The monoisotopic (exact) mass is 457 g/mol. The highest BCUT2D eigenvalue weighted by atomic mass is 32.1. The normalized spacial score (nSPS) is 14.4. The number of hydrogen-bond donors (Lipinski definition) is 3. The summed E-state index contributed by atoms with van der Waals surface area (Å²) in [5, 5.41) is 3.39. The Labute approximate surface area is 187 Å². The number of primary amides is 1. The summed E-state index contributed by atoms with van der Waals surface area (Å²) in [5.41, 5.74) is 12.3. The number of carbonyl (C=O) groups excluding carboxylic acids is 2. The van der Waals surface area contributed by atoms with Gasteiger partial charge in [0.15, 0.2) is 5.13 Å². The molecule has 1 aromatic heterocycles. The maximum Gasteiger partial charge on any atom is 0.220 e. The first-order valence-electron chi connectivity index (χ1n) is 10.00. The molecule has 2 heterocycles. The summed E-state index contributed by atoms with van der Waals surface area (Å²) in [4.78, 5) is 30.2. The number of nitrogens with one attached hydrogen (secondary N) is 1. The third-order valence-electron chi connectivity index (χ3n) is 5.43. The number of thiazole rings is 1. The van der Waals surface area contributed by atoms with Crippen molar-refractivity contribution in [3.05, 3.63) is 64.5 Å². The van der Waals surface area contributed by atoms with Crippen LogP contribution < -0.4 is 21.7 Å². The van der Waals surface area contributed by atoms with Gasteiger partial charge in [-0.2, -0.15) is 0 Å². The van der Waals surface area contributed by atoms with Crippen LogP contribution in [0.25, 0.3) is 0 Å². The van der Waals surface area contributed by atoms with E-state index in [9.17, 15) is 18.4 Å². The Bertz CT molecular complexity index is 1140. The van der Waals surface area contributed by atoms with Gasteiger partial charge in [-0.3, -0.25) is 9.59 Å². The van der Waals surface area contributed by atoms with Crippen LogP contribution in [0.4, 0.5) is 31.1 Å². The fraction of sp³-hybridized carbons (Fsp3) is 0.227. The number of ketones is 1. The lowest BCUT2D eigenvalue weighted by Crippen LogP contribution is -2.38.